The van der Waals surface area contributed by atoms with Crippen LogP contribution in [0.15, 0.2) is 48.5 Å². The average molecular weight is 460 g/mol. The second kappa shape index (κ2) is 8.97. The van der Waals surface area contributed by atoms with Crippen LogP contribution >= 0.6 is 0 Å². The molecule has 34 heavy (non-hydrogen) atoms. The molecule has 7 nitrogen and oxygen atoms in total. The maximum Gasteiger partial charge on any atom is 0.338 e. The molecule has 5 rings (SSSR count). The van der Waals surface area contributed by atoms with E-state index in [0.717, 1.165) is 40.6 Å². The number of fused-ring (bicyclic) bond motifs is 5. The van der Waals surface area contributed by atoms with Gasteiger partial charge in [-0.3, -0.25) is 9.59 Å². The van der Waals surface area contributed by atoms with E-state index in [-0.39, 0.29) is 24.3 Å². The third-order valence-corrected chi connectivity index (χ3v) is 6.86. The zero-order valence-electron chi connectivity index (χ0n) is 19.6. The quantitative estimate of drug-likeness (QED) is 0.418. The van der Waals surface area contributed by atoms with Gasteiger partial charge >= 0.3 is 5.97 Å². The lowest BCUT2D eigenvalue weighted by Crippen LogP contribution is -2.56. The molecule has 3 aromatic rings. The molecule has 2 aromatic carbocycles. The first kappa shape index (κ1) is 22.2. The molecule has 0 bridgehead atoms. The molecule has 3 heterocycles. The maximum atomic E-state index is 13.2. The summed E-state index contributed by atoms with van der Waals surface area (Å²) in [6.45, 7) is 3.79. The van der Waals surface area contributed by atoms with Gasteiger partial charge in [0.15, 0.2) is 0 Å². The lowest BCUT2D eigenvalue weighted by Gasteiger charge is -2.42. The van der Waals surface area contributed by atoms with E-state index in [0.29, 0.717) is 31.7 Å². The normalized spacial score (nSPS) is 17.6. The van der Waals surface area contributed by atoms with Crippen LogP contribution in [0.4, 0.5) is 0 Å². The standard InChI is InChI=1S/C27H29N3O4/c1-3-4-15-34-27(33)19-11-9-18(10-12-19)16-30-21-8-6-5-7-20(21)24-22(30)13-14-29-23(31)17-28(2)26(32)25(24)29/h5-12,25H,3-4,13-17H2,1-2H3. The number of esters is 1. The van der Waals surface area contributed by atoms with Crippen LogP contribution in [0.25, 0.3) is 10.9 Å². The lowest BCUT2D eigenvalue weighted by molar-refractivity contribution is -0.155. The van der Waals surface area contributed by atoms with E-state index in [1.807, 2.05) is 42.5 Å². The number of nitrogens with zero attached hydrogens (tertiary/aromatic N) is 3. The van der Waals surface area contributed by atoms with E-state index in [2.05, 4.69) is 17.6 Å². The molecule has 1 unspecified atom stereocenters. The Bertz CT molecular complexity index is 1260. The van der Waals surface area contributed by atoms with E-state index in [4.69, 9.17) is 4.74 Å². The van der Waals surface area contributed by atoms with Crippen molar-refractivity contribution in [2.45, 2.75) is 38.8 Å². The van der Waals surface area contributed by atoms with Gasteiger partial charge in [-0.15, -0.1) is 0 Å². The Kier molecular flexibility index (Phi) is 5.86. The second-order valence-corrected chi connectivity index (χ2v) is 9.08. The molecule has 2 aliphatic heterocycles. The van der Waals surface area contributed by atoms with Crippen molar-refractivity contribution in [2.75, 3.05) is 26.7 Å². The van der Waals surface area contributed by atoms with Gasteiger partial charge in [0.05, 0.1) is 18.7 Å². The van der Waals surface area contributed by atoms with Gasteiger partial charge < -0.3 is 19.1 Å². The number of carbonyl (C=O) groups is 3. The molecule has 0 saturated carbocycles. The van der Waals surface area contributed by atoms with Gasteiger partial charge in [-0.25, -0.2) is 4.79 Å². The van der Waals surface area contributed by atoms with Crippen molar-refractivity contribution in [1.29, 1.82) is 0 Å². The summed E-state index contributed by atoms with van der Waals surface area (Å²) in [4.78, 5) is 41.3. The van der Waals surface area contributed by atoms with Crippen molar-refractivity contribution in [3.63, 3.8) is 0 Å². The van der Waals surface area contributed by atoms with E-state index >= 15 is 0 Å². The minimum absolute atomic E-state index is 0.00371. The Morgan fingerprint density at radius 1 is 1.09 bits per heavy atom. The maximum absolute atomic E-state index is 13.2. The summed E-state index contributed by atoms with van der Waals surface area (Å²) in [6, 6.07) is 15.0. The van der Waals surface area contributed by atoms with Crippen LogP contribution in [0.1, 0.15) is 53.0 Å². The first-order chi connectivity index (χ1) is 16.5. The fourth-order valence-electron chi connectivity index (χ4n) is 5.08. The number of aromatic nitrogens is 1. The molecule has 1 atom stereocenters. The molecule has 0 spiro atoms. The van der Waals surface area contributed by atoms with Crippen LogP contribution < -0.4 is 0 Å². The third-order valence-electron chi connectivity index (χ3n) is 6.86. The van der Waals surface area contributed by atoms with Crippen LogP contribution in [0.3, 0.4) is 0 Å². The number of amides is 2. The van der Waals surface area contributed by atoms with Crippen LogP contribution in [-0.4, -0.2) is 58.9 Å². The smallest absolute Gasteiger partial charge is 0.338 e. The topological polar surface area (TPSA) is 71.8 Å². The number of carbonyl (C=O) groups excluding carboxylic acids is 3. The first-order valence-electron chi connectivity index (χ1n) is 11.9. The highest BCUT2D eigenvalue weighted by Gasteiger charge is 2.44. The lowest BCUT2D eigenvalue weighted by atomic mass is 9.93. The second-order valence-electron chi connectivity index (χ2n) is 9.08. The van der Waals surface area contributed by atoms with Crippen LogP contribution in [0.2, 0.25) is 0 Å². The highest BCUT2D eigenvalue weighted by molar-refractivity contribution is 6.00. The highest BCUT2D eigenvalue weighted by Crippen LogP contribution is 2.40. The summed E-state index contributed by atoms with van der Waals surface area (Å²) in [7, 11) is 1.69. The van der Waals surface area contributed by atoms with Crippen molar-refractivity contribution in [3.8, 4) is 0 Å². The molecule has 2 amide bonds. The molecule has 0 N–H and O–H groups in total. The third kappa shape index (κ3) is 3.75. The zero-order valence-corrected chi connectivity index (χ0v) is 19.6. The number of ether oxygens (including phenoxy) is 1. The SMILES string of the molecule is CCCCOC(=O)c1ccc(Cn2c3c(c4ccccc42)C2C(=O)N(C)CC(=O)N2CC3)cc1. The number of hydrogen-bond acceptors (Lipinski definition) is 4. The summed E-state index contributed by atoms with van der Waals surface area (Å²) in [5.41, 5.74) is 4.69. The van der Waals surface area contributed by atoms with Gasteiger partial charge in [0.1, 0.15) is 6.04 Å². The predicted octanol–water partition coefficient (Wildman–Crippen LogP) is 3.54. The fourth-order valence-corrected chi connectivity index (χ4v) is 5.08. The number of benzene rings is 2. The monoisotopic (exact) mass is 459 g/mol. The molecule has 7 heteroatoms. The minimum Gasteiger partial charge on any atom is -0.462 e. The first-order valence-corrected chi connectivity index (χ1v) is 11.9. The zero-order chi connectivity index (χ0) is 23.8. The number of unbranched alkanes of at least 4 members (excludes halogenated alkanes) is 1. The Labute approximate surface area is 198 Å². The number of rotatable bonds is 6. The van der Waals surface area contributed by atoms with E-state index in [1.54, 1.807) is 11.9 Å². The molecule has 0 radical (unpaired) electrons. The van der Waals surface area contributed by atoms with Crippen LogP contribution in [0.5, 0.6) is 0 Å². The Balaban J connectivity index is 1.49. The van der Waals surface area contributed by atoms with Crippen molar-refractivity contribution in [2.24, 2.45) is 0 Å². The van der Waals surface area contributed by atoms with Crippen molar-refractivity contribution >= 4 is 28.7 Å². The molecular formula is C27H29N3O4. The summed E-state index contributed by atoms with van der Waals surface area (Å²) < 4.78 is 7.56. The molecule has 2 aliphatic rings. The largest absolute Gasteiger partial charge is 0.462 e. The number of para-hydroxylation sites is 1. The number of likely N-dealkylation sites (N-methyl/N-ethyl adjacent to an activating group) is 1. The van der Waals surface area contributed by atoms with Crippen LogP contribution in [-0.2, 0) is 27.3 Å². The van der Waals surface area contributed by atoms with Crippen molar-refractivity contribution in [1.82, 2.24) is 14.4 Å². The average Bonchev–Trinajstić information content (AvgIpc) is 3.16. The summed E-state index contributed by atoms with van der Waals surface area (Å²) in [5, 5.41) is 1.01. The molecule has 1 aromatic heterocycles. The van der Waals surface area contributed by atoms with Gasteiger partial charge in [-0.2, -0.15) is 0 Å². The Hall–Kier alpha value is -3.61. The molecule has 0 aliphatic carbocycles. The number of hydrogen-bond donors (Lipinski definition) is 0. The molecular weight excluding hydrogens is 430 g/mol. The van der Waals surface area contributed by atoms with Gasteiger partial charge in [0, 0.05) is 48.7 Å². The van der Waals surface area contributed by atoms with Crippen LogP contribution in [0, 0.1) is 0 Å². The number of piperazine rings is 1. The Morgan fingerprint density at radius 2 is 1.85 bits per heavy atom. The summed E-state index contributed by atoms with van der Waals surface area (Å²) in [6.07, 6.45) is 2.54. The predicted molar refractivity (Wildman–Crippen MR) is 128 cm³/mol. The van der Waals surface area contributed by atoms with E-state index in [9.17, 15) is 14.4 Å². The Morgan fingerprint density at radius 3 is 2.62 bits per heavy atom. The van der Waals surface area contributed by atoms with Crippen molar-refractivity contribution in [3.05, 3.63) is 70.9 Å². The fraction of sp³-hybridized carbons (Fsp3) is 0.370. The summed E-state index contributed by atoms with van der Waals surface area (Å²) in [5.74, 6) is -0.334. The minimum atomic E-state index is -0.568. The van der Waals surface area contributed by atoms with Gasteiger partial charge in [-0.1, -0.05) is 43.7 Å². The van der Waals surface area contributed by atoms with E-state index < -0.39 is 6.04 Å². The summed E-state index contributed by atoms with van der Waals surface area (Å²) >= 11 is 0. The van der Waals surface area contributed by atoms with Gasteiger partial charge in [0.2, 0.25) is 11.8 Å². The molecule has 176 valence electrons. The van der Waals surface area contributed by atoms with E-state index in [1.165, 1.54) is 4.90 Å². The van der Waals surface area contributed by atoms with Gasteiger partial charge in [0.25, 0.3) is 0 Å². The van der Waals surface area contributed by atoms with Gasteiger partial charge in [-0.05, 0) is 30.2 Å². The highest BCUT2D eigenvalue weighted by atomic mass is 16.5. The van der Waals surface area contributed by atoms with Crippen molar-refractivity contribution < 1.29 is 19.1 Å². The molecule has 1 saturated heterocycles. The molecule has 1 fully saturated rings.